The van der Waals surface area contributed by atoms with Crippen LogP contribution in [-0.2, 0) is 10.1 Å². The van der Waals surface area contributed by atoms with Gasteiger partial charge in [-0.1, -0.05) is 310 Å². The van der Waals surface area contributed by atoms with Gasteiger partial charge in [-0.3, -0.25) is 4.55 Å². The van der Waals surface area contributed by atoms with Gasteiger partial charge < -0.3 is 0 Å². The van der Waals surface area contributed by atoms with E-state index in [0.717, 1.165) is 32.2 Å². The predicted molar refractivity (Wildman–Crippen MR) is 311 cm³/mol. The molecule has 0 aliphatic heterocycles. The molecule has 0 bridgehead atoms. The number of hydrogen-bond donors (Lipinski definition) is 1. The van der Waals surface area contributed by atoms with E-state index in [1.54, 1.807) is 0 Å². The van der Waals surface area contributed by atoms with Crippen molar-refractivity contribution in [2.75, 3.05) is 12.3 Å². The summed E-state index contributed by atoms with van der Waals surface area (Å²) in [7, 11) is -3.94. The van der Waals surface area contributed by atoms with Crippen molar-refractivity contribution in [2.45, 2.75) is 361 Å². The van der Waals surface area contributed by atoms with E-state index in [-0.39, 0.29) is 5.75 Å². The second kappa shape index (κ2) is 56.4. The van der Waals surface area contributed by atoms with Gasteiger partial charge in [-0.2, -0.15) is 8.42 Å². The molecule has 0 saturated carbocycles. The molecular formula is C64H126NO3S+. The molecule has 0 saturated heterocycles. The van der Waals surface area contributed by atoms with Crippen LogP contribution in [0.3, 0.4) is 0 Å². The van der Waals surface area contributed by atoms with Crippen molar-refractivity contribution in [3.8, 4) is 0 Å². The second-order valence-corrected chi connectivity index (χ2v) is 23.7. The van der Waals surface area contributed by atoms with E-state index in [1.165, 1.54) is 308 Å². The van der Waals surface area contributed by atoms with Crippen molar-refractivity contribution >= 4 is 10.1 Å². The summed E-state index contributed by atoms with van der Waals surface area (Å²) in [6.45, 7) is 7.73. The van der Waals surface area contributed by atoms with E-state index >= 15 is 0 Å². The lowest BCUT2D eigenvalue weighted by atomic mass is 10.0. The molecule has 69 heavy (non-hydrogen) atoms. The van der Waals surface area contributed by atoms with Gasteiger partial charge in [-0.25, -0.2) is 4.48 Å². The molecule has 0 spiro atoms. The summed E-state index contributed by atoms with van der Waals surface area (Å²) < 4.78 is 33.4. The number of nitrogens with zero attached hydrogens (tertiary/aromatic N) is 1. The molecule has 0 heterocycles. The molecule has 0 amide bonds. The first-order valence-electron chi connectivity index (χ1n) is 31.7. The summed E-state index contributed by atoms with van der Waals surface area (Å²) in [5, 5.41) is 0. The third kappa shape index (κ3) is 56.2. The van der Waals surface area contributed by atoms with Crippen LogP contribution in [0, 0.1) is 0 Å². The fourth-order valence-electron chi connectivity index (χ4n) is 10.3. The summed E-state index contributed by atoms with van der Waals surface area (Å²) in [5.41, 5.74) is 0. The zero-order valence-corrected chi connectivity index (χ0v) is 48.3. The standard InChI is InChI=1S/C64H125NO3S/c1-4-7-10-13-16-19-22-25-28-31-34-37-40-43-46-49-52-55-60-65(63-58-59-64-69(66,67)68,61-56-53-50-47-44-41-38-35-32-29-26-23-20-17-14-11-8-5-2)62-57-54-51-48-45-42-39-36-33-30-27-24-21-18-15-12-9-6-3/h55-57,60-62H,4-54,58-59,63-64H2,1-3H3/p+1/b60-55+,61-56+,62-57+. The molecule has 0 rings (SSSR count). The third-order valence-corrected chi connectivity index (χ3v) is 15.8. The lowest BCUT2D eigenvalue weighted by molar-refractivity contribution is -0.774. The van der Waals surface area contributed by atoms with Crippen molar-refractivity contribution in [3.05, 3.63) is 36.8 Å². The fraction of sp³-hybridized carbons (Fsp3) is 0.906. The summed E-state index contributed by atoms with van der Waals surface area (Å²) in [5.74, 6) is -0.151. The van der Waals surface area contributed by atoms with Crippen molar-refractivity contribution in [1.82, 2.24) is 0 Å². The van der Waals surface area contributed by atoms with Crippen LogP contribution in [0.1, 0.15) is 361 Å². The van der Waals surface area contributed by atoms with Gasteiger partial charge >= 0.3 is 0 Å². The Bertz CT molecular complexity index is 1070. The minimum absolute atomic E-state index is 0.151. The first-order chi connectivity index (χ1) is 33.9. The van der Waals surface area contributed by atoms with Gasteiger partial charge in [0.05, 0.1) is 12.3 Å². The molecule has 0 aromatic heterocycles. The Hall–Kier alpha value is -0.910. The molecule has 0 unspecified atom stereocenters. The molecule has 1 N–H and O–H groups in total. The van der Waals surface area contributed by atoms with Crippen LogP contribution in [0.5, 0.6) is 0 Å². The first kappa shape index (κ1) is 68.1. The maximum Gasteiger partial charge on any atom is 0.264 e. The van der Waals surface area contributed by atoms with E-state index in [1.807, 2.05) is 0 Å². The molecule has 410 valence electrons. The zero-order valence-electron chi connectivity index (χ0n) is 47.5. The molecule has 0 aromatic rings. The molecule has 4 nitrogen and oxygen atoms in total. The summed E-state index contributed by atoms with van der Waals surface area (Å²) in [6, 6.07) is 0. The van der Waals surface area contributed by atoms with Gasteiger partial charge in [0.25, 0.3) is 10.1 Å². The molecule has 5 heteroatoms. The molecular weight excluding hydrogens is 863 g/mol. The Morgan fingerprint density at radius 1 is 0.275 bits per heavy atom. The lowest BCUT2D eigenvalue weighted by Crippen LogP contribution is -2.32. The van der Waals surface area contributed by atoms with Crippen LogP contribution in [0.2, 0.25) is 0 Å². The normalized spacial score (nSPS) is 12.6. The molecule has 0 aliphatic rings. The topological polar surface area (TPSA) is 54.4 Å². The van der Waals surface area contributed by atoms with Crippen LogP contribution >= 0.6 is 0 Å². The maximum absolute atomic E-state index is 11.6. The smallest absolute Gasteiger partial charge is 0.264 e. The molecule has 0 aromatic carbocycles. The Morgan fingerprint density at radius 2 is 0.464 bits per heavy atom. The summed E-state index contributed by atoms with van der Waals surface area (Å²) >= 11 is 0. The monoisotopic (exact) mass is 989 g/mol. The first-order valence-corrected chi connectivity index (χ1v) is 33.4. The highest BCUT2D eigenvalue weighted by Crippen LogP contribution is 2.21. The van der Waals surface area contributed by atoms with Crippen molar-refractivity contribution in [2.24, 2.45) is 0 Å². The number of unbranched alkanes of at least 4 members (excludes halogenated alkanes) is 49. The largest absolute Gasteiger partial charge is 0.286 e. The average Bonchev–Trinajstić information content (AvgIpc) is 3.33. The van der Waals surface area contributed by atoms with E-state index in [0.29, 0.717) is 10.9 Å². The number of allylic oxidation sites excluding steroid dienone is 3. The highest BCUT2D eigenvalue weighted by Gasteiger charge is 2.19. The van der Waals surface area contributed by atoms with Gasteiger partial charge in [0.15, 0.2) is 0 Å². The number of hydrogen-bond acceptors (Lipinski definition) is 2. The van der Waals surface area contributed by atoms with Gasteiger partial charge in [0.2, 0.25) is 0 Å². The Balaban J connectivity index is 4.91. The van der Waals surface area contributed by atoms with E-state index in [4.69, 9.17) is 0 Å². The Morgan fingerprint density at radius 3 is 0.652 bits per heavy atom. The summed E-state index contributed by atoms with van der Waals surface area (Å²) in [6.07, 6.45) is 85.9. The van der Waals surface area contributed by atoms with Gasteiger partial charge in [0.1, 0.15) is 18.6 Å². The van der Waals surface area contributed by atoms with Crippen molar-refractivity contribution < 1.29 is 17.5 Å². The molecule has 0 aliphatic carbocycles. The van der Waals surface area contributed by atoms with E-state index in [9.17, 15) is 13.0 Å². The van der Waals surface area contributed by atoms with Gasteiger partial charge in [-0.15, -0.1) is 0 Å². The van der Waals surface area contributed by atoms with Crippen LogP contribution in [-0.4, -0.2) is 29.8 Å². The van der Waals surface area contributed by atoms with Crippen LogP contribution in [0.25, 0.3) is 0 Å². The molecule has 0 atom stereocenters. The highest BCUT2D eigenvalue weighted by molar-refractivity contribution is 7.85. The minimum atomic E-state index is -3.94. The van der Waals surface area contributed by atoms with E-state index in [2.05, 4.69) is 57.6 Å². The van der Waals surface area contributed by atoms with Crippen LogP contribution in [0.4, 0.5) is 0 Å². The third-order valence-electron chi connectivity index (χ3n) is 15.0. The van der Waals surface area contributed by atoms with Gasteiger partial charge in [0, 0.05) is 0 Å². The van der Waals surface area contributed by atoms with Crippen molar-refractivity contribution in [3.63, 3.8) is 0 Å². The van der Waals surface area contributed by atoms with Crippen molar-refractivity contribution in [1.29, 1.82) is 0 Å². The van der Waals surface area contributed by atoms with Crippen LogP contribution in [0.15, 0.2) is 36.8 Å². The van der Waals surface area contributed by atoms with Gasteiger partial charge in [-0.05, 0) is 69.6 Å². The maximum atomic E-state index is 11.6. The minimum Gasteiger partial charge on any atom is -0.286 e. The second-order valence-electron chi connectivity index (χ2n) is 22.1. The van der Waals surface area contributed by atoms with E-state index < -0.39 is 10.1 Å². The SMILES string of the molecule is CCCCCCCCCCCCCCCCCC/C=C/[N+](/C=C/CCCCCCCCCCCCCCCCCC)(/C=C/CCCCCCCCCCCCCCCCCC)CCCCS(=O)(=O)O. The zero-order chi connectivity index (χ0) is 50.1. The number of rotatable bonds is 59. The Labute approximate surface area is 435 Å². The number of quaternary nitrogens is 1. The lowest BCUT2D eigenvalue weighted by Gasteiger charge is -2.27. The quantitative estimate of drug-likeness (QED) is 0.0375. The molecule has 0 fully saturated rings. The highest BCUT2D eigenvalue weighted by atomic mass is 32.2. The molecule has 0 radical (unpaired) electrons. The van der Waals surface area contributed by atoms with Crippen LogP contribution < -0.4 is 0 Å². The fourth-order valence-corrected chi connectivity index (χ4v) is 10.9. The predicted octanol–water partition coefficient (Wildman–Crippen LogP) is 23.0. The average molecular weight is 990 g/mol. The summed E-state index contributed by atoms with van der Waals surface area (Å²) in [4.78, 5) is 0. The Kier molecular flexibility index (Phi) is 55.6.